The second-order valence-corrected chi connectivity index (χ2v) is 7.56. The maximum Gasteiger partial charge on any atom is 0.140 e. The minimum Gasteiger partial charge on any atom is -0.383 e. The largest absolute Gasteiger partial charge is 0.383 e. The summed E-state index contributed by atoms with van der Waals surface area (Å²) in [5.41, 5.74) is 11.6. The third-order valence-electron chi connectivity index (χ3n) is 5.57. The van der Waals surface area contributed by atoms with E-state index in [4.69, 9.17) is 11.1 Å². The SMILES string of the molecule is CC(=N)c1c(N)ncnc1NCc1cc2cccc(C)c2c2cc3ccccc3n12. The van der Waals surface area contributed by atoms with Gasteiger partial charge in [0.05, 0.1) is 23.1 Å². The number of nitrogens with zero attached hydrogens (tertiary/aromatic N) is 3. The quantitative estimate of drug-likeness (QED) is 0.377. The highest BCUT2D eigenvalue weighted by molar-refractivity contribution is 6.05. The van der Waals surface area contributed by atoms with Crippen molar-refractivity contribution in [3.63, 3.8) is 0 Å². The number of anilines is 2. The summed E-state index contributed by atoms with van der Waals surface area (Å²) in [5, 5.41) is 15.1. The molecule has 5 aromatic rings. The number of nitrogen functional groups attached to an aromatic ring is 1. The number of fused-ring (bicyclic) bond motifs is 5. The van der Waals surface area contributed by atoms with Gasteiger partial charge in [-0.3, -0.25) is 0 Å². The van der Waals surface area contributed by atoms with Crippen LogP contribution >= 0.6 is 0 Å². The number of rotatable bonds is 4. The summed E-state index contributed by atoms with van der Waals surface area (Å²) in [4.78, 5) is 8.36. The van der Waals surface area contributed by atoms with E-state index in [0.29, 0.717) is 29.5 Å². The lowest BCUT2D eigenvalue weighted by Gasteiger charge is -2.15. The standard InChI is InChI=1S/C24H22N6/c1-14-6-5-8-17-10-18(12-27-24-22(15(2)25)23(26)28-13-29-24)30-19-9-4-3-7-16(19)11-20(30)21(14)17/h3-11,13,25H,12H2,1-2H3,(H3,26,27,28,29). The molecule has 6 heteroatoms. The maximum absolute atomic E-state index is 8.04. The van der Waals surface area contributed by atoms with Crippen molar-refractivity contribution in [2.24, 2.45) is 0 Å². The molecule has 0 aliphatic rings. The minimum atomic E-state index is 0.311. The van der Waals surface area contributed by atoms with Gasteiger partial charge in [0.15, 0.2) is 0 Å². The van der Waals surface area contributed by atoms with Gasteiger partial charge in [0, 0.05) is 22.2 Å². The van der Waals surface area contributed by atoms with Crippen LogP contribution in [0.5, 0.6) is 0 Å². The van der Waals surface area contributed by atoms with Crippen molar-refractivity contribution in [1.29, 1.82) is 5.41 Å². The topological polar surface area (TPSA) is 92.1 Å². The summed E-state index contributed by atoms with van der Waals surface area (Å²) in [6, 6.07) is 19.3. The van der Waals surface area contributed by atoms with Gasteiger partial charge in [-0.1, -0.05) is 36.4 Å². The van der Waals surface area contributed by atoms with Gasteiger partial charge >= 0.3 is 0 Å². The van der Waals surface area contributed by atoms with Crippen molar-refractivity contribution in [3.05, 3.63) is 77.7 Å². The van der Waals surface area contributed by atoms with Crippen molar-refractivity contribution in [3.8, 4) is 0 Å². The number of pyridine rings is 1. The van der Waals surface area contributed by atoms with Crippen molar-refractivity contribution in [1.82, 2.24) is 14.4 Å². The predicted molar refractivity (Wildman–Crippen MR) is 123 cm³/mol. The van der Waals surface area contributed by atoms with Crippen LogP contribution in [0, 0.1) is 12.3 Å². The van der Waals surface area contributed by atoms with E-state index in [1.807, 2.05) is 0 Å². The summed E-state index contributed by atoms with van der Waals surface area (Å²) in [7, 11) is 0. The third-order valence-corrected chi connectivity index (χ3v) is 5.57. The lowest BCUT2D eigenvalue weighted by atomic mass is 10.0. The number of aryl methyl sites for hydroxylation is 1. The molecule has 0 saturated heterocycles. The smallest absolute Gasteiger partial charge is 0.140 e. The zero-order valence-electron chi connectivity index (χ0n) is 16.9. The molecular weight excluding hydrogens is 372 g/mol. The van der Waals surface area contributed by atoms with E-state index in [1.54, 1.807) is 6.92 Å². The summed E-state index contributed by atoms with van der Waals surface area (Å²) in [5.74, 6) is 0.884. The van der Waals surface area contributed by atoms with Gasteiger partial charge in [-0.2, -0.15) is 0 Å². The molecule has 0 aliphatic carbocycles. The molecule has 0 fully saturated rings. The van der Waals surface area contributed by atoms with Crippen LogP contribution in [-0.4, -0.2) is 20.1 Å². The van der Waals surface area contributed by atoms with Crippen molar-refractivity contribution in [2.75, 3.05) is 11.1 Å². The number of hydrogen-bond donors (Lipinski definition) is 3. The van der Waals surface area contributed by atoms with Crippen LogP contribution in [0.1, 0.15) is 23.7 Å². The van der Waals surface area contributed by atoms with Crippen LogP contribution in [-0.2, 0) is 6.54 Å². The van der Waals surface area contributed by atoms with E-state index in [9.17, 15) is 0 Å². The first-order chi connectivity index (χ1) is 14.5. The van der Waals surface area contributed by atoms with E-state index < -0.39 is 0 Å². The van der Waals surface area contributed by atoms with Crippen LogP contribution in [0.2, 0.25) is 0 Å². The second-order valence-electron chi connectivity index (χ2n) is 7.56. The molecule has 6 nitrogen and oxygen atoms in total. The van der Waals surface area contributed by atoms with E-state index in [2.05, 4.69) is 81.2 Å². The Labute approximate surface area is 173 Å². The Morgan fingerprint density at radius 2 is 1.83 bits per heavy atom. The molecule has 0 unspecified atom stereocenters. The molecule has 0 saturated carbocycles. The second kappa shape index (κ2) is 6.84. The van der Waals surface area contributed by atoms with Crippen molar-refractivity contribution in [2.45, 2.75) is 20.4 Å². The Morgan fingerprint density at radius 3 is 2.67 bits per heavy atom. The zero-order valence-corrected chi connectivity index (χ0v) is 16.9. The molecule has 148 valence electrons. The molecule has 4 N–H and O–H groups in total. The lowest BCUT2D eigenvalue weighted by Crippen LogP contribution is -2.12. The predicted octanol–water partition coefficient (Wildman–Crippen LogP) is 4.93. The highest BCUT2D eigenvalue weighted by Crippen LogP contribution is 2.31. The summed E-state index contributed by atoms with van der Waals surface area (Å²) in [6.45, 7) is 4.38. The molecule has 0 bridgehead atoms. The molecule has 3 heterocycles. The molecule has 30 heavy (non-hydrogen) atoms. The van der Waals surface area contributed by atoms with Gasteiger partial charge in [-0.15, -0.1) is 0 Å². The molecule has 0 amide bonds. The van der Waals surface area contributed by atoms with Gasteiger partial charge in [0.1, 0.15) is 18.0 Å². The van der Waals surface area contributed by atoms with Crippen LogP contribution < -0.4 is 11.1 Å². The van der Waals surface area contributed by atoms with E-state index in [-0.39, 0.29) is 0 Å². The number of para-hydroxylation sites is 1. The first-order valence-corrected chi connectivity index (χ1v) is 9.86. The first-order valence-electron chi connectivity index (χ1n) is 9.86. The van der Waals surface area contributed by atoms with E-state index in [0.717, 1.165) is 5.69 Å². The maximum atomic E-state index is 8.04. The molecule has 0 aliphatic heterocycles. The average molecular weight is 394 g/mol. The van der Waals surface area contributed by atoms with Gasteiger partial charge in [0.2, 0.25) is 0 Å². The fourth-order valence-electron chi connectivity index (χ4n) is 4.26. The molecule has 2 aromatic carbocycles. The Morgan fingerprint density at radius 1 is 1.03 bits per heavy atom. The Bertz CT molecular complexity index is 1450. The number of benzene rings is 2. The van der Waals surface area contributed by atoms with Gasteiger partial charge in [0.25, 0.3) is 0 Å². The Kier molecular flexibility index (Phi) is 4.13. The highest BCUT2D eigenvalue weighted by Gasteiger charge is 2.15. The van der Waals surface area contributed by atoms with Crippen LogP contribution in [0.15, 0.2) is 60.9 Å². The lowest BCUT2D eigenvalue weighted by molar-refractivity contribution is 1.00. The average Bonchev–Trinajstić information content (AvgIpc) is 3.11. The normalized spacial score (nSPS) is 11.4. The van der Waals surface area contributed by atoms with E-state index >= 15 is 0 Å². The molecule has 0 radical (unpaired) electrons. The first kappa shape index (κ1) is 18.1. The molecule has 5 rings (SSSR count). The number of nitrogens with one attached hydrogen (secondary N) is 2. The van der Waals surface area contributed by atoms with Crippen molar-refractivity contribution < 1.29 is 0 Å². The fraction of sp³-hybridized carbons (Fsp3) is 0.125. The zero-order chi connectivity index (χ0) is 20.8. The number of hydrogen-bond acceptors (Lipinski definition) is 5. The van der Waals surface area contributed by atoms with E-state index in [1.165, 1.54) is 39.1 Å². The molecule has 0 atom stereocenters. The van der Waals surface area contributed by atoms with Crippen LogP contribution in [0.25, 0.3) is 27.2 Å². The Balaban J connectivity index is 1.71. The van der Waals surface area contributed by atoms with Crippen molar-refractivity contribution >= 4 is 44.5 Å². The summed E-state index contributed by atoms with van der Waals surface area (Å²) in [6.07, 6.45) is 1.43. The Hall–Kier alpha value is -3.93. The fourth-order valence-corrected chi connectivity index (χ4v) is 4.26. The van der Waals surface area contributed by atoms with Gasteiger partial charge < -0.3 is 20.9 Å². The third kappa shape index (κ3) is 2.76. The van der Waals surface area contributed by atoms with Crippen LogP contribution in [0.4, 0.5) is 11.6 Å². The highest BCUT2D eigenvalue weighted by atomic mass is 15.1. The van der Waals surface area contributed by atoms with Gasteiger partial charge in [-0.05, 0) is 43.0 Å². The van der Waals surface area contributed by atoms with Crippen LogP contribution in [0.3, 0.4) is 0 Å². The summed E-state index contributed by atoms with van der Waals surface area (Å²) < 4.78 is 2.30. The monoisotopic (exact) mass is 394 g/mol. The molecule has 0 spiro atoms. The van der Waals surface area contributed by atoms with Gasteiger partial charge in [-0.25, -0.2) is 9.97 Å². The summed E-state index contributed by atoms with van der Waals surface area (Å²) >= 11 is 0. The molecular formula is C24H22N6. The number of nitrogens with two attached hydrogens (primary N) is 1. The number of aromatic nitrogens is 3. The molecule has 3 aromatic heterocycles. The minimum absolute atomic E-state index is 0.311.